The second-order valence-electron chi connectivity index (χ2n) is 6.60. The van der Waals surface area contributed by atoms with E-state index in [0.29, 0.717) is 30.2 Å². The predicted molar refractivity (Wildman–Crippen MR) is 110 cm³/mol. The maximum atomic E-state index is 13.3. The van der Waals surface area contributed by atoms with E-state index in [2.05, 4.69) is 15.7 Å². The number of aromatic nitrogens is 2. The van der Waals surface area contributed by atoms with Gasteiger partial charge in [-0.05, 0) is 36.2 Å². The Morgan fingerprint density at radius 2 is 1.79 bits per heavy atom. The first-order chi connectivity index (χ1) is 14.1. The summed E-state index contributed by atoms with van der Waals surface area (Å²) >= 11 is 1.69. The molecular formula is C21H19FN4O2S. The molecule has 1 aliphatic heterocycles. The molecule has 0 spiro atoms. The fourth-order valence-corrected chi connectivity index (χ4v) is 4.15. The maximum absolute atomic E-state index is 13.3. The lowest BCUT2D eigenvalue weighted by molar-refractivity contribution is -0.136. The largest absolute Gasteiger partial charge is 0.347 e. The number of amides is 2. The van der Waals surface area contributed by atoms with E-state index in [0.717, 1.165) is 22.6 Å². The van der Waals surface area contributed by atoms with Gasteiger partial charge in [0.25, 0.3) is 0 Å². The summed E-state index contributed by atoms with van der Waals surface area (Å²) in [6.45, 7) is 0.363. The number of carbonyl (C=O) groups excluding carboxylic acids is 2. The summed E-state index contributed by atoms with van der Waals surface area (Å²) in [5.41, 5.74) is 3.45. The van der Waals surface area contributed by atoms with Crippen LogP contribution in [0, 0.1) is 5.82 Å². The topological polar surface area (TPSA) is 76.0 Å². The van der Waals surface area contributed by atoms with Crippen molar-refractivity contribution < 1.29 is 14.0 Å². The van der Waals surface area contributed by atoms with Crippen LogP contribution in [-0.4, -0.2) is 28.1 Å². The Bertz CT molecular complexity index is 1030. The zero-order valence-electron chi connectivity index (χ0n) is 15.5. The number of nitrogens with zero attached hydrogens (tertiary/aromatic N) is 2. The molecule has 1 aliphatic rings. The zero-order chi connectivity index (χ0) is 20.2. The molecule has 8 heteroatoms. The molecule has 0 fully saturated rings. The minimum Gasteiger partial charge on any atom is -0.347 e. The molecule has 4 rings (SSSR count). The number of fused-ring (bicyclic) bond motifs is 1. The highest BCUT2D eigenvalue weighted by Crippen LogP contribution is 2.36. The molecule has 2 amide bonds. The second-order valence-corrected chi connectivity index (χ2v) is 7.59. The summed E-state index contributed by atoms with van der Waals surface area (Å²) in [7, 11) is 0. The van der Waals surface area contributed by atoms with Gasteiger partial charge in [0.1, 0.15) is 11.6 Å². The first-order valence-corrected chi connectivity index (χ1v) is 10.3. The van der Waals surface area contributed by atoms with Crippen LogP contribution in [0.5, 0.6) is 0 Å². The van der Waals surface area contributed by atoms with Crippen molar-refractivity contribution >= 4 is 29.4 Å². The molecule has 0 atom stereocenters. The third-order valence-electron chi connectivity index (χ3n) is 4.60. The van der Waals surface area contributed by atoms with E-state index in [9.17, 15) is 14.0 Å². The zero-order valence-corrected chi connectivity index (χ0v) is 16.3. The van der Waals surface area contributed by atoms with Crippen molar-refractivity contribution in [3.8, 4) is 5.69 Å². The lowest BCUT2D eigenvalue weighted by atomic mass is 10.1. The minimum absolute atomic E-state index is 0.354. The second kappa shape index (κ2) is 8.48. The van der Waals surface area contributed by atoms with Gasteiger partial charge in [0, 0.05) is 23.6 Å². The Morgan fingerprint density at radius 3 is 2.55 bits per heavy atom. The Labute approximate surface area is 171 Å². The van der Waals surface area contributed by atoms with Crippen molar-refractivity contribution in [3.05, 3.63) is 77.2 Å². The molecule has 1 aromatic heterocycles. The van der Waals surface area contributed by atoms with Crippen molar-refractivity contribution in [1.82, 2.24) is 15.1 Å². The molecular weight excluding hydrogens is 391 g/mol. The predicted octanol–water partition coefficient (Wildman–Crippen LogP) is 3.06. The molecule has 29 heavy (non-hydrogen) atoms. The number of hydrogen-bond acceptors (Lipinski definition) is 4. The molecule has 2 heterocycles. The van der Waals surface area contributed by atoms with Crippen molar-refractivity contribution in [2.45, 2.75) is 17.9 Å². The van der Waals surface area contributed by atoms with Gasteiger partial charge in [-0.1, -0.05) is 30.3 Å². The van der Waals surface area contributed by atoms with Gasteiger partial charge in [0.15, 0.2) is 0 Å². The summed E-state index contributed by atoms with van der Waals surface area (Å²) in [5, 5.41) is 9.87. The molecule has 2 aromatic carbocycles. The monoisotopic (exact) mass is 410 g/mol. The first-order valence-electron chi connectivity index (χ1n) is 9.19. The van der Waals surface area contributed by atoms with E-state index in [1.807, 2.05) is 30.3 Å². The van der Waals surface area contributed by atoms with E-state index >= 15 is 0 Å². The number of thioether (sulfide) groups is 1. The van der Waals surface area contributed by atoms with Crippen LogP contribution in [0.3, 0.4) is 0 Å². The normalized spacial score (nSPS) is 12.4. The number of benzene rings is 2. The summed E-state index contributed by atoms with van der Waals surface area (Å²) in [4.78, 5) is 24.7. The van der Waals surface area contributed by atoms with E-state index in [1.54, 1.807) is 28.6 Å². The van der Waals surface area contributed by atoms with E-state index in [1.165, 1.54) is 12.1 Å². The number of anilines is 1. The van der Waals surface area contributed by atoms with Crippen LogP contribution in [0.25, 0.3) is 5.69 Å². The van der Waals surface area contributed by atoms with Crippen LogP contribution in [0.1, 0.15) is 16.8 Å². The van der Waals surface area contributed by atoms with E-state index < -0.39 is 11.8 Å². The number of rotatable bonds is 5. The van der Waals surface area contributed by atoms with E-state index in [-0.39, 0.29) is 5.82 Å². The highest BCUT2D eigenvalue weighted by Gasteiger charge is 2.26. The van der Waals surface area contributed by atoms with Gasteiger partial charge in [-0.2, -0.15) is 16.9 Å². The highest BCUT2D eigenvalue weighted by atomic mass is 32.2. The van der Waals surface area contributed by atoms with Gasteiger partial charge in [-0.25, -0.2) is 9.07 Å². The number of hydrogen-bond donors (Lipinski definition) is 2. The van der Waals surface area contributed by atoms with Crippen LogP contribution in [-0.2, 0) is 27.5 Å². The SMILES string of the molecule is O=C(NCCc1ccccc1)C(=O)Nc1c2c(nn1-c1ccc(F)cc1)CSC2. The van der Waals surface area contributed by atoms with Crippen molar-refractivity contribution in [1.29, 1.82) is 0 Å². The molecule has 0 radical (unpaired) electrons. The maximum Gasteiger partial charge on any atom is 0.314 e. The van der Waals surface area contributed by atoms with Crippen molar-refractivity contribution in [3.63, 3.8) is 0 Å². The molecule has 0 bridgehead atoms. The van der Waals surface area contributed by atoms with Crippen molar-refractivity contribution in [2.75, 3.05) is 11.9 Å². The fraction of sp³-hybridized carbons (Fsp3) is 0.190. The summed E-state index contributed by atoms with van der Waals surface area (Å²) < 4.78 is 14.8. The van der Waals surface area contributed by atoms with Gasteiger partial charge in [-0.3, -0.25) is 9.59 Å². The van der Waals surface area contributed by atoms with Crippen molar-refractivity contribution in [2.24, 2.45) is 0 Å². The molecule has 3 aromatic rings. The van der Waals surface area contributed by atoms with Gasteiger partial charge in [-0.15, -0.1) is 0 Å². The molecule has 148 valence electrons. The lowest BCUT2D eigenvalue weighted by Crippen LogP contribution is -2.37. The van der Waals surface area contributed by atoms with Crippen LogP contribution in [0.2, 0.25) is 0 Å². The first kappa shape index (κ1) is 19.2. The third kappa shape index (κ3) is 4.32. The molecule has 6 nitrogen and oxygen atoms in total. The standard InChI is InChI=1S/C21H19FN4O2S/c22-15-6-8-16(9-7-15)26-19(17-12-29-13-18(17)25-26)24-21(28)20(27)23-11-10-14-4-2-1-3-5-14/h1-9H,10-13H2,(H,23,27)(H,24,28). The third-order valence-corrected chi connectivity index (χ3v) is 5.57. The number of nitrogens with one attached hydrogen (secondary N) is 2. The number of carbonyl (C=O) groups is 2. The summed E-state index contributed by atoms with van der Waals surface area (Å²) in [6, 6.07) is 15.6. The lowest BCUT2D eigenvalue weighted by Gasteiger charge is -2.11. The summed E-state index contributed by atoms with van der Waals surface area (Å²) in [5.74, 6) is 0.0812. The van der Waals surface area contributed by atoms with Crippen LogP contribution in [0.15, 0.2) is 54.6 Å². The van der Waals surface area contributed by atoms with E-state index in [4.69, 9.17) is 0 Å². The highest BCUT2D eigenvalue weighted by molar-refractivity contribution is 7.98. The van der Waals surface area contributed by atoms with Crippen LogP contribution < -0.4 is 10.6 Å². The van der Waals surface area contributed by atoms with Gasteiger partial charge < -0.3 is 10.6 Å². The Kier molecular flexibility index (Phi) is 5.62. The molecule has 0 saturated carbocycles. The average molecular weight is 410 g/mol. The molecule has 0 saturated heterocycles. The van der Waals surface area contributed by atoms with Crippen LogP contribution in [0.4, 0.5) is 10.2 Å². The Hall–Kier alpha value is -3.13. The average Bonchev–Trinajstić information content (AvgIpc) is 3.32. The van der Waals surface area contributed by atoms with Gasteiger partial charge >= 0.3 is 11.8 Å². The van der Waals surface area contributed by atoms with Crippen LogP contribution >= 0.6 is 11.8 Å². The molecule has 0 aliphatic carbocycles. The van der Waals surface area contributed by atoms with Gasteiger partial charge in [0.05, 0.1) is 11.4 Å². The smallest absolute Gasteiger partial charge is 0.314 e. The summed E-state index contributed by atoms with van der Waals surface area (Å²) in [6.07, 6.45) is 0.638. The molecule has 2 N–H and O–H groups in total. The van der Waals surface area contributed by atoms with Gasteiger partial charge in [0.2, 0.25) is 0 Å². The Morgan fingerprint density at radius 1 is 1.03 bits per heavy atom. The molecule has 0 unspecified atom stereocenters. The Balaban J connectivity index is 1.46. The number of halogens is 1. The fourth-order valence-electron chi connectivity index (χ4n) is 3.12. The minimum atomic E-state index is -0.749. The quantitative estimate of drug-likeness (QED) is 0.634.